The molecule has 0 spiro atoms. The number of guanidine groups is 1. The summed E-state index contributed by atoms with van der Waals surface area (Å²) in [6.45, 7) is 0. The number of carbonyl (C=O) groups excluding carboxylic acids is 1. The van der Waals surface area contributed by atoms with Crippen LogP contribution in [-0.4, -0.2) is 47.4 Å². The monoisotopic (exact) mass is 420 g/mol. The largest absolute Gasteiger partial charge is 0.369 e. The van der Waals surface area contributed by atoms with Crippen molar-refractivity contribution < 1.29 is 22.0 Å². The maximum absolute atomic E-state index is 13.7. The Morgan fingerprint density at radius 3 is 2.69 bits per heavy atom. The molecule has 0 aromatic carbocycles. The van der Waals surface area contributed by atoms with Crippen LogP contribution in [0.5, 0.6) is 0 Å². The number of nitrogens with one attached hydrogen (secondary N) is 1. The second-order valence-electron chi connectivity index (χ2n) is 6.10. The Morgan fingerprint density at radius 1 is 1.34 bits per heavy atom. The van der Waals surface area contributed by atoms with E-state index in [9.17, 15) is 22.0 Å². The molecule has 1 aliphatic heterocycles. The molecule has 3 heterocycles. The van der Waals surface area contributed by atoms with Crippen LogP contribution in [0.3, 0.4) is 0 Å². The summed E-state index contributed by atoms with van der Waals surface area (Å²) in [6.07, 6.45) is 8.77. The first-order valence-corrected chi connectivity index (χ1v) is 9.56. The van der Waals surface area contributed by atoms with Gasteiger partial charge in [-0.3, -0.25) is 9.78 Å². The lowest BCUT2D eigenvalue weighted by atomic mass is 9.94. The Hall–Kier alpha value is -3.59. The maximum atomic E-state index is 13.7. The SMILES string of the molecule is C#CC1(c2cncc(NC(=O)c3ncc(F)cc3F)c2)CS(=O)(=O)N(C)C(N)=N1. The molecule has 0 saturated carbocycles. The molecule has 12 heteroatoms. The standard InChI is InChI=1S/C17H14F2N6O3S/c1-3-17(9-29(27,28)25(2)16(20)24-17)10-4-12(8-21-6-10)23-15(26)14-13(19)5-11(18)7-22-14/h1,4-8H,9H2,2H3,(H2,20,24)(H,23,26). The molecule has 0 fully saturated rings. The minimum absolute atomic E-state index is 0.0674. The van der Waals surface area contributed by atoms with Crippen molar-refractivity contribution in [2.24, 2.45) is 10.7 Å². The fourth-order valence-corrected chi connectivity index (χ4v) is 3.98. The normalized spacial score (nSPS) is 20.5. The number of aromatic nitrogens is 2. The van der Waals surface area contributed by atoms with Gasteiger partial charge >= 0.3 is 0 Å². The second kappa shape index (κ2) is 7.10. The van der Waals surface area contributed by atoms with Gasteiger partial charge in [-0.25, -0.2) is 31.5 Å². The summed E-state index contributed by atoms with van der Waals surface area (Å²) in [6, 6.07) is 1.86. The second-order valence-corrected chi connectivity index (χ2v) is 8.10. The molecular weight excluding hydrogens is 406 g/mol. The van der Waals surface area contributed by atoms with Crippen LogP contribution >= 0.6 is 0 Å². The van der Waals surface area contributed by atoms with E-state index in [1.807, 2.05) is 0 Å². The van der Waals surface area contributed by atoms with Crippen molar-refractivity contribution in [1.29, 1.82) is 0 Å². The van der Waals surface area contributed by atoms with E-state index in [0.29, 0.717) is 12.3 Å². The topological polar surface area (TPSA) is 131 Å². The smallest absolute Gasteiger partial charge is 0.277 e. The number of rotatable bonds is 3. The highest BCUT2D eigenvalue weighted by atomic mass is 32.2. The number of hydrogen-bond acceptors (Lipinski definition) is 7. The van der Waals surface area contributed by atoms with Gasteiger partial charge in [0, 0.05) is 24.9 Å². The average molecular weight is 420 g/mol. The number of terminal acetylenes is 1. The van der Waals surface area contributed by atoms with Crippen LogP contribution in [0.1, 0.15) is 16.1 Å². The van der Waals surface area contributed by atoms with Gasteiger partial charge in [-0.2, -0.15) is 0 Å². The zero-order valence-electron chi connectivity index (χ0n) is 14.9. The van der Waals surface area contributed by atoms with Crippen molar-refractivity contribution in [3.63, 3.8) is 0 Å². The Morgan fingerprint density at radius 2 is 2.07 bits per heavy atom. The highest BCUT2D eigenvalue weighted by molar-refractivity contribution is 7.89. The summed E-state index contributed by atoms with van der Waals surface area (Å²) < 4.78 is 52.2. The number of pyridine rings is 2. The van der Waals surface area contributed by atoms with E-state index >= 15 is 0 Å². The van der Waals surface area contributed by atoms with Crippen LogP contribution in [0.25, 0.3) is 0 Å². The fourth-order valence-electron chi connectivity index (χ4n) is 2.61. The van der Waals surface area contributed by atoms with E-state index in [1.54, 1.807) is 0 Å². The number of amides is 1. The molecule has 3 N–H and O–H groups in total. The van der Waals surface area contributed by atoms with Gasteiger partial charge in [0.1, 0.15) is 11.6 Å². The van der Waals surface area contributed by atoms with Gasteiger partial charge in [0.25, 0.3) is 5.91 Å². The molecule has 29 heavy (non-hydrogen) atoms. The van der Waals surface area contributed by atoms with Crippen molar-refractivity contribution in [3.05, 3.63) is 53.6 Å². The summed E-state index contributed by atoms with van der Waals surface area (Å²) in [5, 5.41) is 2.35. The summed E-state index contributed by atoms with van der Waals surface area (Å²) in [5.74, 6) is -1.59. The molecular formula is C17H14F2N6O3S. The van der Waals surface area contributed by atoms with E-state index in [1.165, 1.54) is 25.5 Å². The van der Waals surface area contributed by atoms with E-state index in [2.05, 4.69) is 26.2 Å². The van der Waals surface area contributed by atoms with Crippen molar-refractivity contribution in [3.8, 4) is 12.3 Å². The minimum atomic E-state index is -3.84. The van der Waals surface area contributed by atoms with Crippen molar-refractivity contribution >= 4 is 27.6 Å². The van der Waals surface area contributed by atoms with Gasteiger partial charge in [-0.15, -0.1) is 6.42 Å². The van der Waals surface area contributed by atoms with Crippen molar-refractivity contribution in [2.45, 2.75) is 5.54 Å². The summed E-state index contributed by atoms with van der Waals surface area (Å²) >= 11 is 0. The lowest BCUT2D eigenvalue weighted by Gasteiger charge is -2.33. The molecule has 2 aromatic rings. The Kier molecular flexibility index (Phi) is 4.93. The number of sulfonamides is 1. The zero-order valence-corrected chi connectivity index (χ0v) is 15.7. The molecule has 0 bridgehead atoms. The number of hydrogen-bond donors (Lipinski definition) is 2. The third-order valence-electron chi connectivity index (χ3n) is 4.17. The van der Waals surface area contributed by atoms with Crippen molar-refractivity contribution in [1.82, 2.24) is 14.3 Å². The number of nitrogens with two attached hydrogens (primary N) is 1. The molecule has 0 saturated heterocycles. The van der Waals surface area contributed by atoms with E-state index in [-0.39, 0.29) is 17.2 Å². The van der Waals surface area contributed by atoms with Gasteiger partial charge in [0.15, 0.2) is 17.1 Å². The first kappa shape index (κ1) is 20.2. The lowest BCUT2D eigenvalue weighted by molar-refractivity contribution is 0.101. The van der Waals surface area contributed by atoms with Gasteiger partial charge in [-0.1, -0.05) is 5.92 Å². The van der Waals surface area contributed by atoms with Gasteiger partial charge < -0.3 is 11.1 Å². The highest BCUT2D eigenvalue weighted by Gasteiger charge is 2.43. The summed E-state index contributed by atoms with van der Waals surface area (Å²) in [5.41, 5.74) is 3.64. The molecule has 9 nitrogen and oxygen atoms in total. The maximum Gasteiger partial charge on any atom is 0.277 e. The molecule has 150 valence electrons. The Labute approximate surface area is 164 Å². The Balaban J connectivity index is 1.97. The highest BCUT2D eigenvalue weighted by Crippen LogP contribution is 2.32. The third-order valence-corrected chi connectivity index (χ3v) is 5.98. The van der Waals surface area contributed by atoms with Gasteiger partial charge in [0.2, 0.25) is 16.0 Å². The molecule has 1 amide bonds. The number of anilines is 1. The van der Waals surface area contributed by atoms with Crippen LogP contribution in [0.2, 0.25) is 0 Å². The number of halogens is 2. The number of aliphatic imine (C=N–C) groups is 1. The van der Waals surface area contributed by atoms with Gasteiger partial charge in [-0.05, 0) is 6.07 Å². The molecule has 0 aliphatic carbocycles. The zero-order chi connectivity index (χ0) is 21.4. The molecule has 1 aliphatic rings. The number of carbonyl (C=O) groups is 1. The predicted octanol–water partition coefficient (Wildman–Crippen LogP) is 0.426. The van der Waals surface area contributed by atoms with Crippen LogP contribution in [-0.2, 0) is 15.6 Å². The summed E-state index contributed by atoms with van der Waals surface area (Å²) in [7, 11) is -2.60. The van der Waals surface area contributed by atoms with Gasteiger partial charge in [0.05, 0.1) is 18.1 Å². The van der Waals surface area contributed by atoms with E-state index < -0.39 is 44.6 Å². The van der Waals surface area contributed by atoms with Crippen LogP contribution in [0, 0.1) is 24.0 Å². The first-order valence-electron chi connectivity index (χ1n) is 7.95. The average Bonchev–Trinajstić information content (AvgIpc) is 2.65. The molecule has 0 radical (unpaired) electrons. The minimum Gasteiger partial charge on any atom is -0.369 e. The number of nitrogens with zero attached hydrogens (tertiary/aromatic N) is 4. The Bertz CT molecular complexity index is 1180. The summed E-state index contributed by atoms with van der Waals surface area (Å²) in [4.78, 5) is 23.7. The molecule has 1 unspecified atom stereocenters. The lowest BCUT2D eigenvalue weighted by Crippen LogP contribution is -2.51. The predicted molar refractivity (Wildman–Crippen MR) is 100 cm³/mol. The van der Waals surface area contributed by atoms with Crippen LogP contribution < -0.4 is 11.1 Å². The van der Waals surface area contributed by atoms with Crippen molar-refractivity contribution in [2.75, 3.05) is 18.1 Å². The third kappa shape index (κ3) is 3.72. The molecule has 3 rings (SSSR count). The molecule has 2 aromatic heterocycles. The first-order chi connectivity index (χ1) is 13.6. The molecule has 1 atom stereocenters. The van der Waals surface area contributed by atoms with Crippen LogP contribution in [0.15, 0.2) is 35.7 Å². The van der Waals surface area contributed by atoms with Crippen LogP contribution in [0.4, 0.5) is 14.5 Å². The fraction of sp³-hybridized carbons (Fsp3) is 0.176. The quantitative estimate of drug-likeness (QED) is 0.693. The van der Waals surface area contributed by atoms with E-state index in [4.69, 9.17) is 12.2 Å². The van der Waals surface area contributed by atoms with E-state index in [0.717, 1.165) is 4.31 Å².